The summed E-state index contributed by atoms with van der Waals surface area (Å²) in [5.74, 6) is -1.89. The fourth-order valence-electron chi connectivity index (χ4n) is 2.39. The second kappa shape index (κ2) is 11.0. The van der Waals surface area contributed by atoms with Crippen LogP contribution in [-0.2, 0) is 25.3 Å². The fraction of sp³-hybridized carbons (Fsp3) is 0.250. The van der Waals surface area contributed by atoms with Crippen LogP contribution in [-0.4, -0.2) is 24.4 Å². The molecule has 2 amide bonds. The van der Waals surface area contributed by atoms with Gasteiger partial charge in [0.15, 0.2) is 6.61 Å². The van der Waals surface area contributed by atoms with Gasteiger partial charge < -0.3 is 15.4 Å². The average molecular weight is 477 g/mol. The first-order chi connectivity index (χ1) is 14.5. The molecule has 2 aromatic rings. The van der Waals surface area contributed by atoms with E-state index in [1.807, 2.05) is 0 Å². The largest absolute Gasteiger partial charge is 0.456 e. The van der Waals surface area contributed by atoms with Crippen molar-refractivity contribution in [2.45, 2.75) is 25.4 Å². The number of amides is 2. The van der Waals surface area contributed by atoms with Crippen LogP contribution in [0.4, 0.5) is 24.5 Å². The van der Waals surface area contributed by atoms with E-state index in [1.54, 1.807) is 6.07 Å². The highest BCUT2D eigenvalue weighted by atomic mass is 35.5. The van der Waals surface area contributed by atoms with Crippen LogP contribution in [0.5, 0.6) is 0 Å². The second-order valence-electron chi connectivity index (χ2n) is 6.31. The van der Waals surface area contributed by atoms with Gasteiger partial charge in [-0.15, -0.1) is 0 Å². The second-order valence-corrected chi connectivity index (χ2v) is 7.16. The van der Waals surface area contributed by atoms with E-state index in [9.17, 15) is 27.6 Å². The summed E-state index contributed by atoms with van der Waals surface area (Å²) in [5.41, 5.74) is -0.619. The van der Waals surface area contributed by atoms with Crippen molar-refractivity contribution < 1.29 is 32.3 Å². The number of esters is 1. The third-order valence-corrected chi connectivity index (χ3v) is 4.39. The highest BCUT2D eigenvalue weighted by Gasteiger charge is 2.30. The van der Waals surface area contributed by atoms with Crippen molar-refractivity contribution in [2.75, 3.05) is 17.2 Å². The molecule has 2 rings (SSSR count). The lowest BCUT2D eigenvalue weighted by molar-refractivity contribution is -0.147. The Morgan fingerprint density at radius 2 is 1.68 bits per heavy atom. The molecule has 0 aliphatic rings. The third kappa shape index (κ3) is 8.47. The van der Waals surface area contributed by atoms with E-state index in [0.29, 0.717) is 5.02 Å². The van der Waals surface area contributed by atoms with E-state index in [0.717, 1.165) is 12.1 Å². The molecular formula is C20H17Cl2F3N2O4. The molecule has 0 spiro atoms. The van der Waals surface area contributed by atoms with Crippen molar-refractivity contribution in [3.63, 3.8) is 0 Å². The number of benzene rings is 2. The summed E-state index contributed by atoms with van der Waals surface area (Å²) in [6.07, 6.45) is -4.70. The van der Waals surface area contributed by atoms with Gasteiger partial charge in [0.05, 0.1) is 16.3 Å². The van der Waals surface area contributed by atoms with Crippen LogP contribution in [0.1, 0.15) is 24.8 Å². The lowest BCUT2D eigenvalue weighted by Gasteiger charge is -2.10. The zero-order chi connectivity index (χ0) is 23.0. The molecule has 0 radical (unpaired) electrons. The topological polar surface area (TPSA) is 84.5 Å². The van der Waals surface area contributed by atoms with Gasteiger partial charge in [0.25, 0.3) is 5.91 Å². The highest BCUT2D eigenvalue weighted by molar-refractivity contribution is 6.35. The van der Waals surface area contributed by atoms with Crippen LogP contribution in [0.3, 0.4) is 0 Å². The summed E-state index contributed by atoms with van der Waals surface area (Å²) < 4.78 is 42.9. The zero-order valence-electron chi connectivity index (χ0n) is 15.9. The number of anilines is 2. The minimum atomic E-state index is -4.52. The number of halogens is 5. The summed E-state index contributed by atoms with van der Waals surface area (Å²) in [5, 5.41) is 5.40. The molecule has 6 nitrogen and oxygen atoms in total. The first kappa shape index (κ1) is 24.5. The van der Waals surface area contributed by atoms with Gasteiger partial charge >= 0.3 is 12.1 Å². The van der Waals surface area contributed by atoms with E-state index < -0.39 is 36.1 Å². The van der Waals surface area contributed by atoms with Crippen LogP contribution in [0, 0.1) is 0 Å². The minimum Gasteiger partial charge on any atom is -0.456 e. The average Bonchev–Trinajstić information content (AvgIpc) is 2.69. The first-order valence-corrected chi connectivity index (χ1v) is 9.68. The third-order valence-electron chi connectivity index (χ3n) is 3.83. The number of ether oxygens (including phenoxy) is 1. The van der Waals surface area contributed by atoms with Crippen LogP contribution in [0.25, 0.3) is 0 Å². The van der Waals surface area contributed by atoms with Crippen molar-refractivity contribution in [1.29, 1.82) is 0 Å². The monoisotopic (exact) mass is 476 g/mol. The summed E-state index contributed by atoms with van der Waals surface area (Å²) >= 11 is 11.7. The highest BCUT2D eigenvalue weighted by Crippen LogP contribution is 2.30. The lowest BCUT2D eigenvalue weighted by Crippen LogP contribution is -2.21. The minimum absolute atomic E-state index is 0.00116. The molecule has 2 aromatic carbocycles. The van der Waals surface area contributed by atoms with Crippen molar-refractivity contribution in [3.05, 3.63) is 58.1 Å². The molecule has 0 unspecified atom stereocenters. The molecule has 0 aliphatic carbocycles. The van der Waals surface area contributed by atoms with Gasteiger partial charge in [-0.2, -0.15) is 13.2 Å². The van der Waals surface area contributed by atoms with Gasteiger partial charge in [-0.3, -0.25) is 14.4 Å². The lowest BCUT2D eigenvalue weighted by atomic mass is 10.2. The molecule has 0 bridgehead atoms. The number of hydrogen-bond acceptors (Lipinski definition) is 4. The van der Waals surface area contributed by atoms with E-state index in [2.05, 4.69) is 10.6 Å². The van der Waals surface area contributed by atoms with Gasteiger partial charge in [0, 0.05) is 23.6 Å². The van der Waals surface area contributed by atoms with E-state index in [1.165, 1.54) is 24.3 Å². The van der Waals surface area contributed by atoms with E-state index in [-0.39, 0.29) is 35.7 Å². The molecule has 11 heteroatoms. The molecule has 0 saturated carbocycles. The van der Waals surface area contributed by atoms with Gasteiger partial charge in [-0.25, -0.2) is 0 Å². The van der Waals surface area contributed by atoms with Gasteiger partial charge in [-0.05, 0) is 42.8 Å². The predicted molar refractivity (Wildman–Crippen MR) is 110 cm³/mol. The molecule has 0 heterocycles. The molecule has 0 atom stereocenters. The number of hydrogen-bond donors (Lipinski definition) is 2. The molecule has 2 N–H and O–H groups in total. The summed E-state index contributed by atoms with van der Waals surface area (Å²) in [4.78, 5) is 35.4. The number of carbonyl (C=O) groups is 3. The Hall–Kier alpha value is -2.78. The Morgan fingerprint density at radius 1 is 0.935 bits per heavy atom. The Bertz CT molecular complexity index is 968. The fourth-order valence-corrected chi connectivity index (χ4v) is 2.72. The Balaban J connectivity index is 1.70. The van der Waals surface area contributed by atoms with Crippen molar-refractivity contribution in [2.24, 2.45) is 0 Å². The molecular weight excluding hydrogens is 460 g/mol. The Labute approximate surface area is 185 Å². The molecule has 0 fully saturated rings. The SMILES string of the molecule is O=C(CCCC(=O)OCC(=O)Nc1cc(Cl)ccc1Cl)Nc1cccc(C(F)(F)F)c1. The van der Waals surface area contributed by atoms with Crippen molar-refractivity contribution >= 4 is 52.4 Å². The number of alkyl halides is 3. The smallest absolute Gasteiger partial charge is 0.416 e. The van der Waals surface area contributed by atoms with Gasteiger partial charge in [-0.1, -0.05) is 29.3 Å². The first-order valence-electron chi connectivity index (χ1n) is 8.92. The van der Waals surface area contributed by atoms with Crippen LogP contribution in [0.15, 0.2) is 42.5 Å². The Morgan fingerprint density at radius 3 is 2.39 bits per heavy atom. The molecule has 0 aromatic heterocycles. The maximum Gasteiger partial charge on any atom is 0.416 e. The van der Waals surface area contributed by atoms with Crippen LogP contribution >= 0.6 is 23.2 Å². The molecule has 166 valence electrons. The van der Waals surface area contributed by atoms with E-state index in [4.69, 9.17) is 27.9 Å². The zero-order valence-corrected chi connectivity index (χ0v) is 17.4. The summed E-state index contributed by atoms with van der Waals surface area (Å²) in [6.45, 7) is -0.557. The van der Waals surface area contributed by atoms with E-state index >= 15 is 0 Å². The molecule has 0 aliphatic heterocycles. The van der Waals surface area contributed by atoms with Crippen molar-refractivity contribution in [1.82, 2.24) is 0 Å². The number of rotatable bonds is 8. The Kier molecular flexibility index (Phi) is 8.70. The van der Waals surface area contributed by atoms with Crippen molar-refractivity contribution in [3.8, 4) is 0 Å². The normalized spacial score (nSPS) is 11.0. The maximum atomic E-state index is 12.7. The molecule has 31 heavy (non-hydrogen) atoms. The predicted octanol–water partition coefficient (Wildman–Crippen LogP) is 5.30. The van der Waals surface area contributed by atoms with Gasteiger partial charge in [0.1, 0.15) is 0 Å². The van der Waals surface area contributed by atoms with Gasteiger partial charge in [0.2, 0.25) is 5.91 Å². The maximum absolute atomic E-state index is 12.7. The standard InChI is InChI=1S/C20H17Cl2F3N2O4/c21-13-7-8-15(22)16(10-13)27-18(29)11-31-19(30)6-2-5-17(28)26-14-4-1-3-12(9-14)20(23,24)25/h1,3-4,7-10H,2,5-6,11H2,(H,26,28)(H,27,29). The quantitative estimate of drug-likeness (QED) is 0.506. The summed E-state index contributed by atoms with van der Waals surface area (Å²) in [6, 6.07) is 8.69. The number of carbonyl (C=O) groups excluding carboxylic acids is 3. The van der Waals surface area contributed by atoms with Crippen LogP contribution in [0.2, 0.25) is 10.0 Å². The summed E-state index contributed by atoms with van der Waals surface area (Å²) in [7, 11) is 0. The van der Waals surface area contributed by atoms with Crippen LogP contribution < -0.4 is 10.6 Å². The number of nitrogens with one attached hydrogen (secondary N) is 2. The molecule has 0 saturated heterocycles.